The minimum Gasteiger partial charge on any atom is -0.396 e. The molecule has 0 unspecified atom stereocenters. The summed E-state index contributed by atoms with van der Waals surface area (Å²) in [7, 11) is 0. The first-order valence-corrected chi connectivity index (χ1v) is 20.9. The molecule has 3 heterocycles. The molecule has 55 heavy (non-hydrogen) atoms. The maximum atomic E-state index is 12.1. The van der Waals surface area contributed by atoms with Crippen molar-refractivity contribution in [3.05, 3.63) is 12.2 Å². The van der Waals surface area contributed by atoms with Crippen molar-refractivity contribution in [3.8, 4) is 0 Å². The predicted molar refractivity (Wildman–Crippen MR) is 197 cm³/mol. The van der Waals surface area contributed by atoms with E-state index in [2.05, 4.69) is 46.8 Å². The molecule has 2 bridgehead atoms. The molecule has 21 atom stereocenters. The summed E-state index contributed by atoms with van der Waals surface area (Å²) in [5.74, 6) is 0.401. The van der Waals surface area contributed by atoms with Gasteiger partial charge in [0, 0.05) is 22.2 Å². The van der Waals surface area contributed by atoms with Crippen molar-refractivity contribution < 1.29 is 64.5 Å². The molecule has 3 aliphatic heterocycles. The van der Waals surface area contributed by atoms with E-state index in [1.807, 2.05) is 6.92 Å². The van der Waals surface area contributed by atoms with E-state index in [1.165, 1.54) is 6.92 Å². The van der Waals surface area contributed by atoms with E-state index in [0.29, 0.717) is 19.4 Å². The Morgan fingerprint density at radius 1 is 0.727 bits per heavy atom. The van der Waals surface area contributed by atoms with Crippen LogP contribution in [0.4, 0.5) is 0 Å². The van der Waals surface area contributed by atoms with Gasteiger partial charge in [-0.15, -0.1) is 0 Å². The number of hydrogen-bond acceptors (Lipinski definition) is 13. The van der Waals surface area contributed by atoms with Crippen molar-refractivity contribution in [2.24, 2.45) is 50.2 Å². The van der Waals surface area contributed by atoms with Crippen LogP contribution in [0.3, 0.4) is 0 Å². The molecule has 314 valence electrons. The number of aliphatic hydroxyl groups is 8. The molecule has 13 nitrogen and oxygen atoms in total. The Balaban J connectivity index is 1.06. The molecule has 0 aromatic rings. The van der Waals surface area contributed by atoms with Crippen LogP contribution < -0.4 is 0 Å². The topological polar surface area (TPSA) is 208 Å². The Hall–Kier alpha value is -0.780. The number of fused-ring (bicyclic) bond motifs is 4. The molecule has 0 aromatic heterocycles. The van der Waals surface area contributed by atoms with E-state index in [9.17, 15) is 40.9 Å². The second-order valence-electron chi connectivity index (χ2n) is 21.0. The van der Waals surface area contributed by atoms with Crippen LogP contribution in [0, 0.1) is 50.2 Å². The summed E-state index contributed by atoms with van der Waals surface area (Å²) in [5.41, 5.74) is -2.00. The van der Waals surface area contributed by atoms with Gasteiger partial charge >= 0.3 is 0 Å². The van der Waals surface area contributed by atoms with Crippen molar-refractivity contribution in [1.82, 2.24) is 0 Å². The molecule has 1 spiro atoms. The first kappa shape index (κ1) is 41.0. The highest BCUT2D eigenvalue weighted by atomic mass is 16.7. The predicted octanol–water partition coefficient (Wildman–Crippen LogP) is 1.78. The minimum absolute atomic E-state index is 0.0158. The number of allylic oxidation sites excluding steroid dienone is 1. The number of rotatable bonds is 6. The molecule has 8 N–H and O–H groups in total. The molecule has 4 saturated carbocycles. The first-order chi connectivity index (χ1) is 25.7. The number of ether oxygens (including phenoxy) is 5. The van der Waals surface area contributed by atoms with Gasteiger partial charge < -0.3 is 64.5 Å². The molecular weight excluding hydrogens is 712 g/mol. The zero-order valence-corrected chi connectivity index (χ0v) is 33.7. The summed E-state index contributed by atoms with van der Waals surface area (Å²) in [6, 6.07) is 0. The van der Waals surface area contributed by atoms with Crippen LogP contribution in [0.25, 0.3) is 0 Å². The smallest absolute Gasteiger partial charge is 0.187 e. The molecule has 8 rings (SSSR count). The lowest BCUT2D eigenvalue weighted by Gasteiger charge is -2.73. The van der Waals surface area contributed by atoms with Crippen LogP contribution in [-0.2, 0) is 23.7 Å². The van der Waals surface area contributed by atoms with Gasteiger partial charge in [-0.05, 0) is 86.4 Å². The van der Waals surface area contributed by atoms with Crippen molar-refractivity contribution in [3.63, 3.8) is 0 Å². The molecule has 0 radical (unpaired) electrons. The zero-order valence-electron chi connectivity index (χ0n) is 33.7. The van der Waals surface area contributed by atoms with Crippen molar-refractivity contribution >= 4 is 0 Å². The highest BCUT2D eigenvalue weighted by Gasteiger charge is 2.79. The van der Waals surface area contributed by atoms with Gasteiger partial charge in [-0.3, -0.25) is 0 Å². The normalized spacial score (nSPS) is 59.7. The summed E-state index contributed by atoms with van der Waals surface area (Å²) < 4.78 is 31.2. The molecule has 0 amide bonds. The Labute approximate surface area is 325 Å². The molecule has 8 aliphatic rings. The molecule has 5 aliphatic carbocycles. The van der Waals surface area contributed by atoms with Gasteiger partial charge in [0.05, 0.1) is 43.7 Å². The van der Waals surface area contributed by atoms with E-state index >= 15 is 0 Å². The summed E-state index contributed by atoms with van der Waals surface area (Å²) >= 11 is 0. The zero-order chi connectivity index (χ0) is 39.9. The maximum absolute atomic E-state index is 12.1. The highest BCUT2D eigenvalue weighted by Crippen LogP contribution is 2.79. The van der Waals surface area contributed by atoms with E-state index in [1.54, 1.807) is 0 Å². The second-order valence-corrected chi connectivity index (χ2v) is 21.0. The lowest BCUT2D eigenvalue weighted by Crippen LogP contribution is -2.72. The van der Waals surface area contributed by atoms with Crippen LogP contribution in [0.1, 0.15) is 99.8 Å². The highest BCUT2D eigenvalue weighted by molar-refractivity contribution is 5.36. The SMILES string of the molecule is C[C@H]1O[C@@H](O[C@H]2[C@@H](O)[C@@H](CO)O[C@@H](O[C@H]3CC[C@@]4(C)[C@H](CC[C@]5(C)[C@H]4C=C[C@@]46OC[C@@]7(CCC(C)(C)C[C@@H]74)[C@@H](O)C[C@]56C)[C@]3(C)CO)[C@@H]2O)[C@H](O)[C@@H](O)[C@@H]1O. The Bertz CT molecular complexity index is 1490. The molecule has 13 heteroatoms. The minimum atomic E-state index is -1.67. The van der Waals surface area contributed by atoms with Crippen LogP contribution in [0.5, 0.6) is 0 Å². The number of hydrogen-bond donors (Lipinski definition) is 8. The summed E-state index contributed by atoms with van der Waals surface area (Å²) in [6.45, 7) is 15.2. The van der Waals surface area contributed by atoms with Crippen LogP contribution in [0.2, 0.25) is 0 Å². The van der Waals surface area contributed by atoms with Crippen LogP contribution in [-0.4, -0.2) is 140 Å². The lowest BCUT2D eigenvalue weighted by molar-refractivity contribution is -0.368. The molecular formula is C42H68O13. The summed E-state index contributed by atoms with van der Waals surface area (Å²) in [4.78, 5) is 0. The average molecular weight is 781 g/mol. The quantitative estimate of drug-likeness (QED) is 0.143. The third kappa shape index (κ3) is 5.44. The largest absolute Gasteiger partial charge is 0.396 e. The fraction of sp³-hybridized carbons (Fsp3) is 0.952. The third-order valence-electron chi connectivity index (χ3n) is 17.9. The first-order valence-electron chi connectivity index (χ1n) is 20.9. The lowest BCUT2D eigenvalue weighted by atomic mass is 9.32. The average Bonchev–Trinajstić information content (AvgIpc) is 3.41. The van der Waals surface area contributed by atoms with E-state index in [0.717, 1.165) is 38.5 Å². The fourth-order valence-electron chi connectivity index (χ4n) is 14.3. The van der Waals surface area contributed by atoms with Gasteiger partial charge in [-0.25, -0.2) is 0 Å². The Morgan fingerprint density at radius 3 is 2.13 bits per heavy atom. The van der Waals surface area contributed by atoms with Gasteiger partial charge in [0.1, 0.15) is 42.7 Å². The molecule has 0 aromatic carbocycles. The Kier molecular flexibility index (Phi) is 9.95. The van der Waals surface area contributed by atoms with Gasteiger partial charge in [0.15, 0.2) is 12.6 Å². The van der Waals surface area contributed by atoms with E-state index < -0.39 is 91.2 Å². The number of aliphatic hydroxyl groups excluding tert-OH is 8. The monoisotopic (exact) mass is 780 g/mol. The van der Waals surface area contributed by atoms with Gasteiger partial charge in [-0.2, -0.15) is 0 Å². The standard InChI is InChI=1S/C42H68O13/c1-21-28(46)30(48)31(49)34(52-21)55-33-29(47)22(18-43)53-35(32(33)50)54-27-10-11-37(4)23(38(27,5)19-44)8-12-39(6)24(37)9-13-42-25-16-36(2,3)14-15-41(25,20-51-42)26(45)17-40(39,42)7/h9,13,21-35,43-50H,8,10-12,14-20H2,1-7H3/t21-,22-,23+,24+,25+,26+,27+,28-,29+,30+,31-,32-,33+,34+,35+,37+,38+,39-,40-,41-,42-/m1/s1. The molecule has 7 fully saturated rings. The van der Waals surface area contributed by atoms with Crippen molar-refractivity contribution in [2.75, 3.05) is 19.8 Å². The van der Waals surface area contributed by atoms with E-state index in [4.69, 9.17) is 23.7 Å². The maximum Gasteiger partial charge on any atom is 0.187 e. The van der Waals surface area contributed by atoms with Gasteiger partial charge in [-0.1, -0.05) is 53.7 Å². The van der Waals surface area contributed by atoms with Gasteiger partial charge in [0.25, 0.3) is 0 Å². The molecule has 3 saturated heterocycles. The van der Waals surface area contributed by atoms with Crippen molar-refractivity contribution in [2.45, 2.75) is 179 Å². The summed E-state index contributed by atoms with van der Waals surface area (Å²) in [6.07, 6.45) is -3.55. The third-order valence-corrected chi connectivity index (χ3v) is 17.9. The van der Waals surface area contributed by atoms with Crippen LogP contribution in [0.15, 0.2) is 12.2 Å². The van der Waals surface area contributed by atoms with Gasteiger partial charge in [0.2, 0.25) is 0 Å². The van der Waals surface area contributed by atoms with Crippen LogP contribution >= 0.6 is 0 Å². The second kappa shape index (κ2) is 13.4. The summed E-state index contributed by atoms with van der Waals surface area (Å²) in [5, 5.41) is 87.5. The fourth-order valence-corrected chi connectivity index (χ4v) is 14.3. The Morgan fingerprint density at radius 2 is 1.44 bits per heavy atom. The van der Waals surface area contributed by atoms with E-state index in [-0.39, 0.29) is 51.4 Å². The van der Waals surface area contributed by atoms with Crippen molar-refractivity contribution in [1.29, 1.82) is 0 Å².